The van der Waals surface area contributed by atoms with Gasteiger partial charge in [-0.05, 0) is 70.6 Å². The number of phosphoric ester groups is 1. The molecule has 0 radical (unpaired) electrons. The lowest BCUT2D eigenvalue weighted by Crippen LogP contribution is -2.29. The highest BCUT2D eigenvalue weighted by Crippen LogP contribution is 2.43. The van der Waals surface area contributed by atoms with Gasteiger partial charge in [-0.2, -0.15) is 0 Å². The lowest BCUT2D eigenvalue weighted by Gasteiger charge is -2.20. The van der Waals surface area contributed by atoms with Crippen molar-refractivity contribution in [2.45, 2.75) is 167 Å². The van der Waals surface area contributed by atoms with Crippen molar-refractivity contribution in [2.75, 3.05) is 26.4 Å². The molecule has 0 spiro atoms. The van der Waals surface area contributed by atoms with Crippen molar-refractivity contribution in [3.05, 3.63) is 97.2 Å². The summed E-state index contributed by atoms with van der Waals surface area (Å²) in [6, 6.07) is 0. The zero-order valence-corrected chi connectivity index (χ0v) is 37.3. The fourth-order valence-corrected chi connectivity index (χ4v) is 6.20. The van der Waals surface area contributed by atoms with Gasteiger partial charge < -0.3 is 24.6 Å². The molecule has 1 unspecified atom stereocenters. The second-order valence-electron chi connectivity index (χ2n) is 14.4. The Morgan fingerprint density at radius 2 is 1.02 bits per heavy atom. The van der Waals surface area contributed by atoms with Gasteiger partial charge in [0.15, 0.2) is 6.10 Å². The van der Waals surface area contributed by atoms with E-state index < -0.39 is 51.8 Å². The Kier molecular flexibility index (Phi) is 40.7. The summed E-state index contributed by atoms with van der Waals surface area (Å²) in [5.41, 5.74) is 0. The number of hydrogen-bond donors (Lipinski definition) is 3. The van der Waals surface area contributed by atoms with Crippen LogP contribution in [0, 0.1) is 0 Å². The van der Waals surface area contributed by atoms with Gasteiger partial charge in [0.2, 0.25) is 0 Å². The number of esters is 2. The van der Waals surface area contributed by atoms with Crippen molar-refractivity contribution in [3.63, 3.8) is 0 Å². The molecular formula is C48H79O10P. The number of carbonyl (C=O) groups is 2. The Morgan fingerprint density at radius 3 is 1.61 bits per heavy atom. The summed E-state index contributed by atoms with van der Waals surface area (Å²) < 4.78 is 32.6. The molecule has 3 N–H and O–H groups in total. The highest BCUT2D eigenvalue weighted by Gasteiger charge is 2.27. The number of ether oxygens (including phenoxy) is 2. The molecule has 0 rings (SSSR count). The molecule has 59 heavy (non-hydrogen) atoms. The number of unbranched alkanes of at least 4 members (excludes halogenated alkanes) is 13. The van der Waals surface area contributed by atoms with Crippen molar-refractivity contribution in [3.8, 4) is 0 Å². The molecular weight excluding hydrogens is 767 g/mol. The predicted octanol–water partition coefficient (Wildman–Crippen LogP) is 12.0. The Bertz CT molecular complexity index is 1300. The summed E-state index contributed by atoms with van der Waals surface area (Å²) in [5.74, 6) is -1.03. The van der Waals surface area contributed by atoms with E-state index in [2.05, 4.69) is 73.1 Å². The standard InChI is InChI=1S/C48H79O10P/c1-3-5-7-9-11-13-15-17-19-20-21-22-23-24-26-27-29-31-33-35-37-39-47(51)55-43-46(44-57-59(53,54)56-42-45(50)41-49)58-48(52)40-38-36-34-32-30-28-25-18-16-14-12-10-8-6-4-2/h6,8,10,12,14,16,18-20,22-23,25-27,31,33,45-46,49-50H,3-5,7,9,11,13,15,17,21,24,28-30,32,34-44H2,1-2H3,(H,53,54)/b8-6+,12-10+,16-14+,20-19+,23-22+,25-18+,27-26+,33-31+/t45-,46+/m1/s1. The number of rotatable bonds is 40. The number of aliphatic hydroxyl groups excluding tert-OH is 2. The van der Waals surface area contributed by atoms with E-state index in [1.807, 2.05) is 42.5 Å². The van der Waals surface area contributed by atoms with Gasteiger partial charge in [0.25, 0.3) is 0 Å². The lowest BCUT2D eigenvalue weighted by atomic mass is 10.1. The quantitative estimate of drug-likeness (QED) is 0.0179. The summed E-state index contributed by atoms with van der Waals surface area (Å²) in [6.07, 6.45) is 52.4. The molecule has 11 heteroatoms. The van der Waals surface area contributed by atoms with E-state index in [9.17, 15) is 24.2 Å². The van der Waals surface area contributed by atoms with E-state index in [0.717, 1.165) is 57.8 Å². The van der Waals surface area contributed by atoms with E-state index in [-0.39, 0.29) is 19.4 Å². The molecule has 10 nitrogen and oxygen atoms in total. The summed E-state index contributed by atoms with van der Waals surface area (Å²) in [4.78, 5) is 35.0. The highest BCUT2D eigenvalue weighted by atomic mass is 31.2. The highest BCUT2D eigenvalue weighted by molar-refractivity contribution is 7.47. The normalized spacial score (nSPS) is 14.7. The minimum absolute atomic E-state index is 0.140. The maximum Gasteiger partial charge on any atom is 0.472 e. The number of aliphatic hydroxyl groups is 2. The molecule has 0 saturated heterocycles. The van der Waals surface area contributed by atoms with Crippen LogP contribution in [0.2, 0.25) is 0 Å². The Morgan fingerprint density at radius 1 is 0.542 bits per heavy atom. The predicted molar refractivity (Wildman–Crippen MR) is 242 cm³/mol. The molecule has 0 aromatic heterocycles. The molecule has 336 valence electrons. The van der Waals surface area contributed by atoms with Crippen LogP contribution in [0.1, 0.15) is 155 Å². The van der Waals surface area contributed by atoms with Crippen molar-refractivity contribution in [1.82, 2.24) is 0 Å². The third kappa shape index (κ3) is 42.8. The van der Waals surface area contributed by atoms with E-state index in [1.165, 1.54) is 51.4 Å². The van der Waals surface area contributed by atoms with Crippen LogP contribution in [0.25, 0.3) is 0 Å². The van der Waals surface area contributed by atoms with E-state index in [1.54, 1.807) is 0 Å². The minimum Gasteiger partial charge on any atom is -0.462 e. The van der Waals surface area contributed by atoms with E-state index in [0.29, 0.717) is 19.3 Å². The zero-order valence-electron chi connectivity index (χ0n) is 36.4. The van der Waals surface area contributed by atoms with Crippen LogP contribution in [0.5, 0.6) is 0 Å². The van der Waals surface area contributed by atoms with Crippen LogP contribution in [-0.2, 0) is 32.7 Å². The summed E-state index contributed by atoms with van der Waals surface area (Å²) in [6.45, 7) is 2.13. The molecule has 0 fully saturated rings. The number of carbonyl (C=O) groups excluding carboxylic acids is 2. The van der Waals surface area contributed by atoms with Crippen molar-refractivity contribution in [1.29, 1.82) is 0 Å². The lowest BCUT2D eigenvalue weighted by molar-refractivity contribution is -0.161. The molecule has 0 aromatic carbocycles. The van der Waals surface area contributed by atoms with Crippen molar-refractivity contribution < 1.29 is 47.8 Å². The smallest absolute Gasteiger partial charge is 0.462 e. The average Bonchev–Trinajstić information content (AvgIpc) is 3.22. The van der Waals surface area contributed by atoms with E-state index in [4.69, 9.17) is 19.1 Å². The second-order valence-corrected chi connectivity index (χ2v) is 15.9. The molecule has 0 aliphatic heterocycles. The SMILES string of the molecule is CC/C=C/C=C/C=C/C=C/CCCCCCCC(=O)O[C@@H](COC(=O)CCC/C=C/C/C=C/C/C=C/C/C=C/CCCCCCCCC)COP(=O)(O)OC[C@H](O)CO. The van der Waals surface area contributed by atoms with Gasteiger partial charge in [0, 0.05) is 12.8 Å². The number of phosphoric acid groups is 1. The third-order valence-corrected chi connectivity index (χ3v) is 9.77. The minimum atomic E-state index is -4.64. The molecule has 0 aliphatic rings. The Hall–Kier alpha value is -3.11. The molecule has 0 aromatic rings. The number of allylic oxidation sites excluding steroid dienone is 16. The largest absolute Gasteiger partial charge is 0.472 e. The molecule has 0 heterocycles. The first-order chi connectivity index (χ1) is 28.7. The van der Waals surface area contributed by atoms with Crippen LogP contribution >= 0.6 is 7.82 Å². The summed E-state index contributed by atoms with van der Waals surface area (Å²) in [5, 5.41) is 18.3. The van der Waals surface area contributed by atoms with Gasteiger partial charge in [-0.3, -0.25) is 18.6 Å². The van der Waals surface area contributed by atoms with Crippen LogP contribution in [0.4, 0.5) is 0 Å². The zero-order chi connectivity index (χ0) is 43.3. The van der Waals surface area contributed by atoms with Crippen molar-refractivity contribution in [2.24, 2.45) is 0 Å². The van der Waals surface area contributed by atoms with Gasteiger partial charge in [0.1, 0.15) is 12.7 Å². The second kappa shape index (κ2) is 43.0. The summed E-state index contributed by atoms with van der Waals surface area (Å²) >= 11 is 0. The molecule has 0 saturated carbocycles. The monoisotopic (exact) mass is 847 g/mol. The number of hydrogen-bond acceptors (Lipinski definition) is 9. The fourth-order valence-electron chi connectivity index (χ4n) is 5.41. The van der Waals surface area contributed by atoms with Gasteiger partial charge >= 0.3 is 19.8 Å². The Balaban J connectivity index is 4.42. The third-order valence-electron chi connectivity index (χ3n) is 8.82. The first-order valence-corrected chi connectivity index (χ1v) is 23.7. The molecule has 0 amide bonds. The fraction of sp³-hybridized carbons (Fsp3) is 0.625. The Labute approximate surface area is 357 Å². The van der Waals surface area contributed by atoms with Crippen LogP contribution in [-0.4, -0.2) is 65.7 Å². The average molecular weight is 847 g/mol. The summed E-state index contributed by atoms with van der Waals surface area (Å²) in [7, 11) is -4.64. The molecule has 0 aliphatic carbocycles. The van der Waals surface area contributed by atoms with E-state index >= 15 is 0 Å². The van der Waals surface area contributed by atoms with Crippen molar-refractivity contribution >= 4 is 19.8 Å². The maximum absolute atomic E-state index is 12.6. The molecule has 3 atom stereocenters. The van der Waals surface area contributed by atoms with Gasteiger partial charge in [0.05, 0.1) is 19.8 Å². The van der Waals surface area contributed by atoms with Crippen LogP contribution < -0.4 is 0 Å². The van der Waals surface area contributed by atoms with Gasteiger partial charge in [-0.1, -0.05) is 169 Å². The van der Waals surface area contributed by atoms with Crippen LogP contribution in [0.3, 0.4) is 0 Å². The maximum atomic E-state index is 12.6. The molecule has 0 bridgehead atoms. The van der Waals surface area contributed by atoms with Gasteiger partial charge in [-0.15, -0.1) is 0 Å². The van der Waals surface area contributed by atoms with Crippen LogP contribution in [0.15, 0.2) is 97.2 Å². The van der Waals surface area contributed by atoms with Gasteiger partial charge in [-0.25, -0.2) is 4.57 Å². The topological polar surface area (TPSA) is 149 Å². The first kappa shape index (κ1) is 55.9. The first-order valence-electron chi connectivity index (χ1n) is 22.2.